The van der Waals surface area contributed by atoms with E-state index in [0.29, 0.717) is 3.71 Å². The molecule has 0 aliphatic rings. The van der Waals surface area contributed by atoms with Crippen LogP contribution in [0, 0.1) is 0 Å². The zero-order valence-electron chi connectivity index (χ0n) is 10.7. The average molecular weight is 311 g/mol. The van der Waals surface area contributed by atoms with Crippen LogP contribution in [0.15, 0.2) is 70.5 Å². The number of nitrogens with zero attached hydrogens (tertiary/aromatic N) is 1. The van der Waals surface area contributed by atoms with Gasteiger partial charge in [-0.15, -0.1) is 0 Å². The second-order valence-corrected chi connectivity index (χ2v) is 8.19. The number of hydrogen-bond donors (Lipinski definition) is 0. The fourth-order valence-electron chi connectivity index (χ4n) is 1.61. The van der Waals surface area contributed by atoms with Crippen molar-refractivity contribution in [2.24, 2.45) is 0 Å². The lowest BCUT2D eigenvalue weighted by Crippen LogP contribution is -2.33. The molecule has 7 heteroatoms. The lowest BCUT2D eigenvalue weighted by Gasteiger charge is -2.17. The molecule has 20 heavy (non-hydrogen) atoms. The molecule has 2 rings (SSSR count). The first-order valence-corrected chi connectivity index (χ1v) is 8.59. The van der Waals surface area contributed by atoms with Crippen LogP contribution in [0.5, 0.6) is 0 Å². The number of benzene rings is 2. The van der Waals surface area contributed by atoms with Crippen LogP contribution in [0.4, 0.5) is 0 Å². The molecule has 0 saturated carbocycles. The molecule has 0 bridgehead atoms. The second-order valence-electron chi connectivity index (χ2n) is 4.02. The van der Waals surface area contributed by atoms with Gasteiger partial charge in [-0.05, 0) is 24.3 Å². The van der Waals surface area contributed by atoms with E-state index in [9.17, 15) is 16.8 Å². The van der Waals surface area contributed by atoms with Crippen LogP contribution in [0.2, 0.25) is 0 Å². The van der Waals surface area contributed by atoms with Crippen LogP contribution in [0.1, 0.15) is 0 Å². The molecule has 106 valence electrons. The summed E-state index contributed by atoms with van der Waals surface area (Å²) in [5.41, 5.74) is 0. The van der Waals surface area contributed by atoms with E-state index in [2.05, 4.69) is 0 Å². The minimum atomic E-state index is -4.10. The molecule has 0 atom stereocenters. The maximum atomic E-state index is 12.3. The molecule has 0 amide bonds. The Morgan fingerprint density at radius 1 is 0.650 bits per heavy atom. The van der Waals surface area contributed by atoms with Gasteiger partial charge >= 0.3 is 0 Å². The van der Waals surface area contributed by atoms with Crippen molar-refractivity contribution in [2.45, 2.75) is 9.79 Å². The largest absolute Gasteiger partial charge is 0.256 e. The topological polar surface area (TPSA) is 71.5 Å². The minimum absolute atomic E-state index is 0.0676. The van der Waals surface area contributed by atoms with Gasteiger partial charge in [-0.2, -0.15) is 0 Å². The van der Waals surface area contributed by atoms with E-state index in [1.54, 1.807) is 12.1 Å². The highest BCUT2D eigenvalue weighted by atomic mass is 32.3. The van der Waals surface area contributed by atoms with Crippen molar-refractivity contribution in [3.63, 3.8) is 0 Å². The maximum absolute atomic E-state index is 12.3. The standard InChI is InChI=1S/C13H13NO4S2/c1-14(19(15,16)12-8-4-2-5-9-12)20(17,18)13-10-6-3-7-11-13/h2-11H,1H3. The van der Waals surface area contributed by atoms with Gasteiger partial charge in [0.2, 0.25) is 0 Å². The second kappa shape index (κ2) is 5.35. The summed E-state index contributed by atoms with van der Waals surface area (Å²) in [6, 6.07) is 14.9. The summed E-state index contributed by atoms with van der Waals surface area (Å²) in [4.78, 5) is -0.135. The van der Waals surface area contributed by atoms with Gasteiger partial charge < -0.3 is 0 Å². The summed E-state index contributed by atoms with van der Waals surface area (Å²) in [5, 5.41) is 0. The Kier molecular flexibility index (Phi) is 3.94. The molecule has 0 fully saturated rings. The van der Waals surface area contributed by atoms with Gasteiger partial charge in [0, 0.05) is 7.05 Å². The molecule has 0 radical (unpaired) electrons. The van der Waals surface area contributed by atoms with Crippen molar-refractivity contribution in [1.82, 2.24) is 3.71 Å². The molecule has 2 aromatic carbocycles. The highest BCUT2D eigenvalue weighted by Gasteiger charge is 2.32. The zero-order chi connectivity index (χ0) is 14.8. The lowest BCUT2D eigenvalue weighted by atomic mass is 10.4. The van der Waals surface area contributed by atoms with Crippen LogP contribution in [-0.4, -0.2) is 27.6 Å². The zero-order valence-corrected chi connectivity index (χ0v) is 12.3. The molecule has 0 aliphatic heterocycles. The van der Waals surface area contributed by atoms with Crippen LogP contribution in [0.3, 0.4) is 0 Å². The Labute approximate surface area is 118 Å². The van der Waals surface area contributed by atoms with Gasteiger partial charge in [-0.1, -0.05) is 40.1 Å². The van der Waals surface area contributed by atoms with Crippen LogP contribution >= 0.6 is 0 Å². The third-order valence-corrected chi connectivity index (χ3v) is 7.03. The van der Waals surface area contributed by atoms with Gasteiger partial charge in [0.15, 0.2) is 0 Å². The molecule has 0 unspecified atom stereocenters. The first-order valence-electron chi connectivity index (χ1n) is 5.71. The average Bonchev–Trinajstić information content (AvgIpc) is 2.48. The predicted molar refractivity (Wildman–Crippen MR) is 75.0 cm³/mol. The number of rotatable bonds is 4. The van der Waals surface area contributed by atoms with Crippen molar-refractivity contribution in [2.75, 3.05) is 7.05 Å². The molecular weight excluding hydrogens is 298 g/mol. The first-order chi connectivity index (χ1) is 9.37. The first kappa shape index (κ1) is 14.7. The van der Waals surface area contributed by atoms with E-state index >= 15 is 0 Å². The fourth-order valence-corrected chi connectivity index (χ4v) is 4.76. The molecule has 0 aromatic heterocycles. The molecule has 5 nitrogen and oxygen atoms in total. The third-order valence-electron chi connectivity index (χ3n) is 2.76. The van der Waals surface area contributed by atoms with Crippen LogP contribution in [-0.2, 0) is 20.0 Å². The van der Waals surface area contributed by atoms with Crippen molar-refractivity contribution in [1.29, 1.82) is 0 Å². The predicted octanol–water partition coefficient (Wildman–Crippen LogP) is 1.70. The SMILES string of the molecule is CN(S(=O)(=O)c1ccccc1)S(=O)(=O)c1ccccc1. The maximum Gasteiger partial charge on any atom is 0.256 e. The van der Waals surface area contributed by atoms with E-state index in [1.165, 1.54) is 48.5 Å². The molecule has 0 spiro atoms. The van der Waals surface area contributed by atoms with Gasteiger partial charge in [0.1, 0.15) is 0 Å². The molecule has 0 aliphatic carbocycles. The molecule has 0 saturated heterocycles. The summed E-state index contributed by atoms with van der Waals surface area (Å²) in [6.07, 6.45) is 0. The Morgan fingerprint density at radius 3 is 1.25 bits per heavy atom. The fraction of sp³-hybridized carbons (Fsp3) is 0.0769. The van der Waals surface area contributed by atoms with E-state index in [1.807, 2.05) is 0 Å². The Hall–Kier alpha value is -1.70. The van der Waals surface area contributed by atoms with E-state index in [4.69, 9.17) is 0 Å². The van der Waals surface area contributed by atoms with Crippen molar-refractivity contribution >= 4 is 20.0 Å². The minimum Gasteiger partial charge on any atom is -0.206 e. The van der Waals surface area contributed by atoms with E-state index in [0.717, 1.165) is 7.05 Å². The van der Waals surface area contributed by atoms with E-state index in [-0.39, 0.29) is 9.79 Å². The van der Waals surface area contributed by atoms with Crippen LogP contribution < -0.4 is 0 Å². The molecule has 0 heterocycles. The van der Waals surface area contributed by atoms with Gasteiger partial charge in [0.25, 0.3) is 20.0 Å². The summed E-state index contributed by atoms with van der Waals surface area (Å²) in [5.74, 6) is 0. The monoisotopic (exact) mass is 311 g/mol. The highest BCUT2D eigenvalue weighted by Crippen LogP contribution is 2.21. The Morgan fingerprint density at radius 2 is 0.950 bits per heavy atom. The molecular formula is C13H13NO4S2. The summed E-state index contributed by atoms with van der Waals surface area (Å²) in [7, 11) is -7.17. The molecule has 2 aromatic rings. The highest BCUT2D eigenvalue weighted by molar-refractivity contribution is 8.04. The van der Waals surface area contributed by atoms with E-state index < -0.39 is 20.0 Å². The Balaban J connectivity index is 2.49. The third kappa shape index (κ3) is 2.60. The van der Waals surface area contributed by atoms with Gasteiger partial charge in [-0.25, -0.2) is 16.8 Å². The normalized spacial score (nSPS) is 12.5. The van der Waals surface area contributed by atoms with Crippen molar-refractivity contribution < 1.29 is 16.8 Å². The molecule has 0 N–H and O–H groups in total. The van der Waals surface area contributed by atoms with Gasteiger partial charge in [-0.3, -0.25) is 0 Å². The lowest BCUT2D eigenvalue weighted by molar-refractivity contribution is 0.526. The van der Waals surface area contributed by atoms with Gasteiger partial charge in [0.05, 0.1) is 9.79 Å². The number of sulfonamides is 2. The quantitative estimate of drug-likeness (QED) is 0.861. The smallest absolute Gasteiger partial charge is 0.206 e. The Bertz CT molecular complexity index is 715. The number of hydrogen-bond acceptors (Lipinski definition) is 4. The van der Waals surface area contributed by atoms with Crippen LogP contribution in [0.25, 0.3) is 0 Å². The van der Waals surface area contributed by atoms with Crippen molar-refractivity contribution in [3.05, 3.63) is 60.7 Å². The summed E-state index contributed by atoms with van der Waals surface area (Å²) < 4.78 is 49.6. The van der Waals surface area contributed by atoms with Crippen molar-refractivity contribution in [3.8, 4) is 0 Å². The summed E-state index contributed by atoms with van der Waals surface area (Å²) >= 11 is 0. The summed E-state index contributed by atoms with van der Waals surface area (Å²) in [6.45, 7) is 0.